The molecule has 0 saturated carbocycles. The van der Waals surface area contributed by atoms with Gasteiger partial charge in [-0.15, -0.1) is 11.8 Å². The van der Waals surface area contributed by atoms with E-state index in [1.165, 1.54) is 31.0 Å². The van der Waals surface area contributed by atoms with Gasteiger partial charge in [0, 0.05) is 35.6 Å². The predicted molar refractivity (Wildman–Crippen MR) is 137 cm³/mol. The summed E-state index contributed by atoms with van der Waals surface area (Å²) in [5, 5.41) is 10.2. The molecule has 0 aliphatic carbocycles. The molecule has 4 N–H and O–H groups in total. The van der Waals surface area contributed by atoms with Crippen LogP contribution in [0.4, 0.5) is 5.69 Å². The van der Waals surface area contributed by atoms with Crippen molar-refractivity contribution in [1.29, 1.82) is 5.41 Å². The van der Waals surface area contributed by atoms with E-state index in [1.54, 1.807) is 23.1 Å². The second kappa shape index (κ2) is 10.6. The lowest BCUT2D eigenvalue weighted by Crippen LogP contribution is -2.49. The highest BCUT2D eigenvalue weighted by atomic mass is 32.2. The summed E-state index contributed by atoms with van der Waals surface area (Å²) in [6.45, 7) is 5.86. The zero-order chi connectivity index (χ0) is 24.2. The van der Waals surface area contributed by atoms with Crippen LogP contribution in [-0.2, 0) is 9.59 Å². The van der Waals surface area contributed by atoms with Crippen molar-refractivity contribution < 1.29 is 9.59 Å². The monoisotopic (exact) mass is 479 g/mol. The maximum absolute atomic E-state index is 13.5. The number of para-hydroxylation sites is 1. The van der Waals surface area contributed by atoms with Crippen molar-refractivity contribution in [2.45, 2.75) is 55.3 Å². The van der Waals surface area contributed by atoms with Gasteiger partial charge in [-0.1, -0.05) is 36.8 Å². The van der Waals surface area contributed by atoms with Crippen LogP contribution in [0.25, 0.3) is 0 Å². The van der Waals surface area contributed by atoms with E-state index in [1.807, 2.05) is 30.3 Å². The summed E-state index contributed by atoms with van der Waals surface area (Å²) in [5.74, 6) is -0.342. The molecule has 2 aromatic carbocycles. The molecule has 2 amide bonds. The Balaban J connectivity index is 1.46. The summed E-state index contributed by atoms with van der Waals surface area (Å²) in [6, 6.07) is 15.9. The van der Waals surface area contributed by atoms with E-state index in [-0.39, 0.29) is 24.2 Å². The highest BCUT2D eigenvalue weighted by Crippen LogP contribution is 2.46. The van der Waals surface area contributed by atoms with Crippen molar-refractivity contribution in [3.8, 4) is 0 Å². The largest absolute Gasteiger partial charge is 0.384 e. The van der Waals surface area contributed by atoms with Crippen LogP contribution in [0.2, 0.25) is 0 Å². The molecule has 34 heavy (non-hydrogen) atoms. The molecule has 8 heteroatoms. The van der Waals surface area contributed by atoms with Gasteiger partial charge in [0.05, 0.1) is 5.69 Å². The van der Waals surface area contributed by atoms with Gasteiger partial charge in [0.2, 0.25) is 11.8 Å². The number of hydrogen-bond acceptors (Lipinski definition) is 5. The molecule has 0 aromatic heterocycles. The molecular formula is C26H33N5O2S. The minimum atomic E-state index is -0.503. The third-order valence-corrected chi connectivity index (χ3v) is 8.07. The number of benzene rings is 2. The lowest BCUT2D eigenvalue weighted by Gasteiger charge is -2.39. The Morgan fingerprint density at radius 2 is 1.88 bits per heavy atom. The zero-order valence-corrected chi connectivity index (χ0v) is 20.6. The fraction of sp³-hybridized carbons (Fsp3) is 0.423. The number of anilines is 1. The number of nitrogens with zero attached hydrogens (tertiary/aromatic N) is 2. The number of piperidine rings is 1. The van der Waals surface area contributed by atoms with E-state index in [4.69, 9.17) is 11.1 Å². The highest BCUT2D eigenvalue weighted by Gasteiger charge is 2.35. The van der Waals surface area contributed by atoms with Crippen LogP contribution in [0, 0.1) is 5.41 Å². The normalized spacial score (nSPS) is 22.8. The molecule has 2 aliphatic rings. The number of carbonyl (C=O) groups is 2. The fourth-order valence-corrected chi connectivity index (χ4v) is 6.12. The van der Waals surface area contributed by atoms with Gasteiger partial charge in [-0.25, -0.2) is 0 Å². The lowest BCUT2D eigenvalue weighted by molar-refractivity contribution is -0.123. The number of nitrogen functional groups attached to an aromatic ring is 1. The molecule has 2 heterocycles. The van der Waals surface area contributed by atoms with Crippen molar-refractivity contribution >= 4 is 35.1 Å². The molecule has 7 nitrogen and oxygen atoms in total. The molecule has 2 aliphatic heterocycles. The Morgan fingerprint density at radius 3 is 2.62 bits per heavy atom. The van der Waals surface area contributed by atoms with Crippen LogP contribution < -0.4 is 16.0 Å². The zero-order valence-electron chi connectivity index (χ0n) is 19.8. The van der Waals surface area contributed by atoms with Gasteiger partial charge in [0.25, 0.3) is 0 Å². The summed E-state index contributed by atoms with van der Waals surface area (Å²) in [6.07, 6.45) is 3.65. The number of fused-ring (bicyclic) bond motifs is 1. The molecular weight excluding hydrogens is 446 g/mol. The van der Waals surface area contributed by atoms with Crippen LogP contribution in [0.1, 0.15) is 49.5 Å². The van der Waals surface area contributed by atoms with Gasteiger partial charge in [0.15, 0.2) is 0 Å². The number of amides is 2. The minimum absolute atomic E-state index is 0.0234. The Labute approximate surface area is 205 Å². The first-order chi connectivity index (χ1) is 16.3. The first kappa shape index (κ1) is 24.3. The van der Waals surface area contributed by atoms with Gasteiger partial charge >= 0.3 is 0 Å². The van der Waals surface area contributed by atoms with Gasteiger partial charge in [0.1, 0.15) is 17.6 Å². The van der Waals surface area contributed by atoms with E-state index in [0.717, 1.165) is 22.7 Å². The van der Waals surface area contributed by atoms with Crippen molar-refractivity contribution in [2.24, 2.45) is 5.73 Å². The average Bonchev–Trinajstić information content (AvgIpc) is 2.82. The van der Waals surface area contributed by atoms with Gasteiger partial charge in [-0.05, 0) is 50.5 Å². The highest BCUT2D eigenvalue weighted by molar-refractivity contribution is 8.00. The molecule has 1 unspecified atom stereocenters. The summed E-state index contributed by atoms with van der Waals surface area (Å²) < 4.78 is 0. The molecule has 0 bridgehead atoms. The van der Waals surface area contributed by atoms with E-state index in [0.29, 0.717) is 24.2 Å². The Bertz CT molecular complexity index is 1060. The maximum atomic E-state index is 13.5. The number of thioether (sulfide) groups is 1. The average molecular weight is 480 g/mol. The van der Waals surface area contributed by atoms with Crippen LogP contribution in [-0.4, -0.2) is 54.3 Å². The molecule has 0 radical (unpaired) electrons. The molecule has 1 saturated heterocycles. The second-order valence-corrected chi connectivity index (χ2v) is 10.3. The van der Waals surface area contributed by atoms with E-state index < -0.39 is 5.25 Å². The number of hydrogen-bond donors (Lipinski definition) is 3. The van der Waals surface area contributed by atoms with Crippen molar-refractivity contribution in [3.05, 3.63) is 59.7 Å². The number of carbonyl (C=O) groups excluding carboxylic acids is 2. The minimum Gasteiger partial charge on any atom is -0.384 e. The van der Waals surface area contributed by atoms with Crippen molar-refractivity contribution in [2.75, 3.05) is 24.5 Å². The molecule has 4 rings (SSSR count). The Morgan fingerprint density at radius 1 is 1.15 bits per heavy atom. The molecule has 180 valence electrons. The first-order valence-electron chi connectivity index (χ1n) is 11.9. The lowest BCUT2D eigenvalue weighted by atomic mass is 9.98. The molecule has 1 fully saturated rings. The number of amidine groups is 1. The van der Waals surface area contributed by atoms with Crippen LogP contribution in [0.5, 0.6) is 0 Å². The third-order valence-electron chi connectivity index (χ3n) is 6.76. The van der Waals surface area contributed by atoms with Crippen LogP contribution in [0.3, 0.4) is 0 Å². The quantitative estimate of drug-likeness (QED) is 0.416. The van der Waals surface area contributed by atoms with E-state index >= 15 is 0 Å². The molecule has 0 spiro atoms. The summed E-state index contributed by atoms with van der Waals surface area (Å²) in [7, 11) is 0. The Kier molecular flexibility index (Phi) is 7.58. The smallest absolute Gasteiger partial charge is 0.245 e. The molecule has 3 atom stereocenters. The predicted octanol–water partition coefficient (Wildman–Crippen LogP) is 3.53. The molecule has 2 aromatic rings. The van der Waals surface area contributed by atoms with Crippen LogP contribution >= 0.6 is 11.8 Å². The second-order valence-electron chi connectivity index (χ2n) is 9.15. The van der Waals surface area contributed by atoms with E-state index in [9.17, 15) is 9.59 Å². The van der Waals surface area contributed by atoms with Crippen molar-refractivity contribution in [1.82, 2.24) is 10.2 Å². The number of nitrogens with one attached hydrogen (secondary N) is 2. The van der Waals surface area contributed by atoms with Crippen molar-refractivity contribution in [3.63, 3.8) is 0 Å². The summed E-state index contributed by atoms with van der Waals surface area (Å²) >= 11 is 1.47. The van der Waals surface area contributed by atoms with Gasteiger partial charge in [-0.3, -0.25) is 19.9 Å². The maximum Gasteiger partial charge on any atom is 0.245 e. The summed E-state index contributed by atoms with van der Waals surface area (Å²) in [4.78, 5) is 31.4. The summed E-state index contributed by atoms with van der Waals surface area (Å²) in [5.41, 5.74) is 7.77. The van der Waals surface area contributed by atoms with Gasteiger partial charge in [-0.2, -0.15) is 0 Å². The fourth-order valence-electron chi connectivity index (χ4n) is 4.90. The number of nitrogens with two attached hydrogens (primary N) is 1. The van der Waals surface area contributed by atoms with Crippen LogP contribution in [0.15, 0.2) is 53.4 Å². The third kappa shape index (κ3) is 5.28. The SMILES string of the molecule is C[C@@H]1CCC[C@H](C)N1CCNC(=O)CN1C(=O)C(c2cccc(C(=N)N)c2)Sc2ccccc21. The first-order valence-corrected chi connectivity index (χ1v) is 12.8. The Hall–Kier alpha value is -2.84. The standard InChI is InChI=1S/C26H33N5O2S/c1-17-7-5-8-18(2)30(17)14-13-29-23(32)16-31-21-11-3-4-12-22(21)34-24(26(31)33)19-9-6-10-20(15-19)25(27)28/h3-4,6,9-12,15,17-18,24H,5,7-8,13-14,16H2,1-2H3,(H3,27,28)(H,29,32)/t17-,18+,24?. The number of likely N-dealkylation sites (tertiary alicyclic amines) is 1. The topological polar surface area (TPSA) is 103 Å². The number of rotatable bonds is 7. The van der Waals surface area contributed by atoms with E-state index in [2.05, 4.69) is 24.1 Å². The van der Waals surface area contributed by atoms with Gasteiger partial charge < -0.3 is 16.0 Å².